The van der Waals surface area contributed by atoms with Crippen molar-refractivity contribution in [3.8, 4) is 11.4 Å². The standard InChI is InChI=1S/C16H16FN3O4/c1-23-13-10-14(21)20(12-4-2-11(17)3-5-12)18-15(13)16(22)19-6-8-24-9-7-19/h2-5,10H,6-9H2,1H3. The summed E-state index contributed by atoms with van der Waals surface area (Å²) in [6.45, 7) is 1.79. The van der Waals surface area contributed by atoms with Gasteiger partial charge < -0.3 is 14.4 Å². The van der Waals surface area contributed by atoms with E-state index in [-0.39, 0.29) is 17.4 Å². The van der Waals surface area contributed by atoms with Crippen molar-refractivity contribution >= 4 is 5.91 Å². The van der Waals surface area contributed by atoms with Crippen molar-refractivity contribution in [2.45, 2.75) is 0 Å². The maximum absolute atomic E-state index is 13.1. The summed E-state index contributed by atoms with van der Waals surface area (Å²) in [5.74, 6) is -0.661. The van der Waals surface area contributed by atoms with Gasteiger partial charge in [0.25, 0.3) is 11.5 Å². The highest BCUT2D eigenvalue weighted by Crippen LogP contribution is 2.17. The Kier molecular flexibility index (Phi) is 4.57. The molecule has 8 heteroatoms. The number of amides is 1. The zero-order valence-corrected chi connectivity index (χ0v) is 13.1. The topological polar surface area (TPSA) is 73.7 Å². The fourth-order valence-electron chi connectivity index (χ4n) is 2.43. The van der Waals surface area contributed by atoms with E-state index in [0.29, 0.717) is 32.0 Å². The average molecular weight is 333 g/mol. The molecule has 7 nitrogen and oxygen atoms in total. The van der Waals surface area contributed by atoms with Crippen LogP contribution in [-0.4, -0.2) is 54.0 Å². The van der Waals surface area contributed by atoms with Gasteiger partial charge in [0.05, 0.1) is 32.1 Å². The second-order valence-corrected chi connectivity index (χ2v) is 5.19. The molecule has 0 saturated carbocycles. The van der Waals surface area contributed by atoms with Gasteiger partial charge >= 0.3 is 0 Å². The van der Waals surface area contributed by atoms with Crippen LogP contribution in [0.4, 0.5) is 4.39 Å². The number of methoxy groups -OCH3 is 1. The van der Waals surface area contributed by atoms with E-state index in [0.717, 1.165) is 4.68 Å². The molecule has 0 aliphatic carbocycles. The van der Waals surface area contributed by atoms with E-state index < -0.39 is 11.4 Å². The normalized spacial score (nSPS) is 14.5. The maximum atomic E-state index is 13.1. The van der Waals surface area contributed by atoms with Crippen molar-refractivity contribution in [2.24, 2.45) is 0 Å². The van der Waals surface area contributed by atoms with Gasteiger partial charge in [-0.05, 0) is 24.3 Å². The van der Waals surface area contributed by atoms with Crippen LogP contribution in [0.1, 0.15) is 10.5 Å². The number of hydrogen-bond donors (Lipinski definition) is 0. The minimum Gasteiger partial charge on any atom is -0.494 e. The lowest BCUT2D eigenvalue weighted by Crippen LogP contribution is -2.41. The number of carbonyl (C=O) groups excluding carboxylic acids is 1. The van der Waals surface area contributed by atoms with Gasteiger partial charge in [-0.1, -0.05) is 0 Å². The Balaban J connectivity index is 2.04. The number of rotatable bonds is 3. The van der Waals surface area contributed by atoms with Crippen LogP contribution in [-0.2, 0) is 4.74 Å². The van der Waals surface area contributed by atoms with E-state index in [9.17, 15) is 14.0 Å². The molecule has 1 amide bonds. The van der Waals surface area contributed by atoms with E-state index in [2.05, 4.69) is 5.10 Å². The number of halogens is 1. The van der Waals surface area contributed by atoms with Crippen molar-refractivity contribution in [3.05, 3.63) is 52.2 Å². The van der Waals surface area contributed by atoms with Gasteiger partial charge in [-0.2, -0.15) is 9.78 Å². The molecule has 2 heterocycles. The monoisotopic (exact) mass is 333 g/mol. The van der Waals surface area contributed by atoms with Crippen molar-refractivity contribution in [3.63, 3.8) is 0 Å². The van der Waals surface area contributed by atoms with Crippen LogP contribution in [0.25, 0.3) is 5.69 Å². The quantitative estimate of drug-likeness (QED) is 0.833. The highest BCUT2D eigenvalue weighted by molar-refractivity contribution is 5.94. The van der Waals surface area contributed by atoms with E-state index in [1.807, 2.05) is 0 Å². The molecular weight excluding hydrogens is 317 g/mol. The molecule has 0 spiro atoms. The summed E-state index contributed by atoms with van der Waals surface area (Å²) in [6.07, 6.45) is 0. The highest BCUT2D eigenvalue weighted by atomic mass is 19.1. The lowest BCUT2D eigenvalue weighted by molar-refractivity contribution is 0.0295. The van der Waals surface area contributed by atoms with E-state index in [1.165, 1.54) is 37.4 Å². The molecule has 1 aliphatic heterocycles. The lowest BCUT2D eigenvalue weighted by Gasteiger charge is -2.27. The number of ether oxygens (including phenoxy) is 2. The Morgan fingerprint density at radius 1 is 1.25 bits per heavy atom. The van der Waals surface area contributed by atoms with Gasteiger partial charge in [-0.15, -0.1) is 0 Å². The zero-order valence-electron chi connectivity index (χ0n) is 13.1. The van der Waals surface area contributed by atoms with E-state index in [4.69, 9.17) is 9.47 Å². The van der Waals surface area contributed by atoms with Crippen molar-refractivity contribution < 1.29 is 18.7 Å². The van der Waals surface area contributed by atoms with E-state index in [1.54, 1.807) is 4.90 Å². The Hall–Kier alpha value is -2.74. The Labute approximate surface area is 137 Å². The molecule has 0 bridgehead atoms. The first kappa shape index (κ1) is 16.1. The minimum absolute atomic E-state index is 0.0309. The molecule has 2 aromatic rings. The number of carbonyl (C=O) groups is 1. The van der Waals surface area contributed by atoms with Gasteiger partial charge in [-0.25, -0.2) is 4.39 Å². The lowest BCUT2D eigenvalue weighted by atomic mass is 10.2. The Bertz CT molecular complexity index is 798. The van der Waals surface area contributed by atoms with Crippen LogP contribution in [0.2, 0.25) is 0 Å². The van der Waals surface area contributed by atoms with Crippen LogP contribution in [0.5, 0.6) is 5.75 Å². The Morgan fingerprint density at radius 2 is 1.92 bits per heavy atom. The maximum Gasteiger partial charge on any atom is 0.278 e. The van der Waals surface area contributed by atoms with E-state index >= 15 is 0 Å². The summed E-state index contributed by atoms with van der Waals surface area (Å²) in [6, 6.07) is 6.47. The third kappa shape index (κ3) is 3.13. The molecule has 1 saturated heterocycles. The number of hydrogen-bond acceptors (Lipinski definition) is 5. The molecule has 1 aromatic heterocycles. The molecule has 1 fully saturated rings. The van der Waals surface area contributed by atoms with Gasteiger partial charge in [0.2, 0.25) is 0 Å². The average Bonchev–Trinajstić information content (AvgIpc) is 2.62. The molecule has 1 aromatic carbocycles. The zero-order chi connectivity index (χ0) is 17.1. The molecule has 0 atom stereocenters. The van der Waals surface area contributed by atoms with Gasteiger partial charge in [0.1, 0.15) is 5.82 Å². The SMILES string of the molecule is COc1cc(=O)n(-c2ccc(F)cc2)nc1C(=O)N1CCOCC1. The summed E-state index contributed by atoms with van der Waals surface area (Å²) >= 11 is 0. The molecule has 0 N–H and O–H groups in total. The first-order chi connectivity index (χ1) is 11.6. The second kappa shape index (κ2) is 6.79. The van der Waals surface area contributed by atoms with Crippen molar-refractivity contribution in [1.82, 2.24) is 14.7 Å². The third-order valence-electron chi connectivity index (χ3n) is 3.69. The minimum atomic E-state index is -0.475. The second-order valence-electron chi connectivity index (χ2n) is 5.19. The molecule has 126 valence electrons. The molecular formula is C16H16FN3O4. The highest BCUT2D eigenvalue weighted by Gasteiger charge is 2.24. The fourth-order valence-corrected chi connectivity index (χ4v) is 2.43. The molecule has 1 aliphatic rings. The van der Waals surface area contributed by atoms with Crippen LogP contribution < -0.4 is 10.3 Å². The molecule has 24 heavy (non-hydrogen) atoms. The molecule has 0 unspecified atom stereocenters. The van der Waals surface area contributed by atoms with Crippen molar-refractivity contribution in [1.29, 1.82) is 0 Å². The fraction of sp³-hybridized carbons (Fsp3) is 0.312. The van der Waals surface area contributed by atoms with Crippen LogP contribution in [0.15, 0.2) is 35.1 Å². The summed E-state index contributed by atoms with van der Waals surface area (Å²) in [7, 11) is 1.37. The largest absolute Gasteiger partial charge is 0.494 e. The number of nitrogens with zero attached hydrogens (tertiary/aromatic N) is 3. The molecule has 0 radical (unpaired) electrons. The predicted molar refractivity (Wildman–Crippen MR) is 83.1 cm³/mol. The summed E-state index contributed by atoms with van der Waals surface area (Å²) in [5.41, 5.74) is -0.0830. The van der Waals surface area contributed by atoms with Gasteiger partial charge in [0, 0.05) is 13.1 Å². The Morgan fingerprint density at radius 3 is 2.54 bits per heavy atom. The molecule has 3 rings (SSSR count). The summed E-state index contributed by atoms with van der Waals surface area (Å²) < 4.78 is 24.5. The van der Waals surface area contributed by atoms with Crippen LogP contribution in [0, 0.1) is 5.82 Å². The summed E-state index contributed by atoms with van der Waals surface area (Å²) in [4.78, 5) is 26.5. The van der Waals surface area contributed by atoms with Crippen LogP contribution in [0.3, 0.4) is 0 Å². The van der Waals surface area contributed by atoms with Gasteiger partial charge in [0.15, 0.2) is 11.4 Å². The van der Waals surface area contributed by atoms with Crippen LogP contribution >= 0.6 is 0 Å². The number of morpholine rings is 1. The van der Waals surface area contributed by atoms with Gasteiger partial charge in [-0.3, -0.25) is 9.59 Å². The summed E-state index contributed by atoms with van der Waals surface area (Å²) in [5, 5.41) is 4.14. The third-order valence-corrected chi connectivity index (χ3v) is 3.69. The first-order valence-corrected chi connectivity index (χ1v) is 7.41. The predicted octanol–water partition coefficient (Wildman–Crippen LogP) is 0.853. The number of aromatic nitrogens is 2. The van der Waals surface area contributed by atoms with Crippen molar-refractivity contribution in [2.75, 3.05) is 33.4 Å². The number of benzene rings is 1. The first-order valence-electron chi connectivity index (χ1n) is 7.41. The smallest absolute Gasteiger partial charge is 0.278 e.